The maximum atomic E-state index is 10.7. The van der Waals surface area contributed by atoms with Crippen LogP contribution in [-0.4, -0.2) is 12.0 Å². The van der Waals surface area contributed by atoms with Gasteiger partial charge in [0, 0.05) is 4.47 Å². The van der Waals surface area contributed by atoms with E-state index >= 15 is 0 Å². The molecule has 0 heterocycles. The molecule has 1 aromatic carbocycles. The van der Waals surface area contributed by atoms with E-state index < -0.39 is 12.0 Å². The first-order valence-electron chi connectivity index (χ1n) is 3.81. The number of carbonyl (C=O) groups is 1. The molecule has 13 heavy (non-hydrogen) atoms. The fourth-order valence-corrected chi connectivity index (χ4v) is 1.04. The number of ether oxygens (including phenoxy) is 1. The van der Waals surface area contributed by atoms with Gasteiger partial charge in [-0.3, -0.25) is 4.79 Å². The van der Waals surface area contributed by atoms with Crippen molar-refractivity contribution in [2.75, 3.05) is 0 Å². The summed E-state index contributed by atoms with van der Waals surface area (Å²) in [4.78, 5) is 10.7. The molecule has 4 heteroatoms. The minimum Gasteiger partial charge on any atom is -0.481 e. The highest BCUT2D eigenvalue weighted by Gasteiger charge is 2.09. The average Bonchev–Trinajstić information content (AvgIpc) is 2.08. The second kappa shape index (κ2) is 4.28. The van der Waals surface area contributed by atoms with Crippen LogP contribution in [0, 0.1) is 0 Å². The predicted molar refractivity (Wildman–Crippen MR) is 53.4 cm³/mol. The first-order valence-corrected chi connectivity index (χ1v) is 4.60. The van der Waals surface area contributed by atoms with Gasteiger partial charge in [0.1, 0.15) is 5.75 Å². The summed E-state index contributed by atoms with van der Waals surface area (Å²) in [5, 5.41) is 0. The SMILES string of the molecule is C[C@@H](Oc1ccc(Br)cc1)C(N)=O. The van der Waals surface area contributed by atoms with Gasteiger partial charge in [-0.2, -0.15) is 0 Å². The van der Waals surface area contributed by atoms with Crippen molar-refractivity contribution >= 4 is 21.8 Å². The number of nitrogens with two attached hydrogens (primary N) is 1. The maximum absolute atomic E-state index is 10.7. The van der Waals surface area contributed by atoms with Gasteiger partial charge < -0.3 is 10.5 Å². The fourth-order valence-electron chi connectivity index (χ4n) is 0.775. The molecule has 1 atom stereocenters. The maximum Gasteiger partial charge on any atom is 0.258 e. The van der Waals surface area contributed by atoms with E-state index in [1.54, 1.807) is 19.1 Å². The number of rotatable bonds is 3. The Labute approximate surface area is 85.0 Å². The van der Waals surface area contributed by atoms with Crippen LogP contribution in [0.3, 0.4) is 0 Å². The molecule has 1 rings (SSSR count). The molecule has 70 valence electrons. The van der Waals surface area contributed by atoms with Crippen LogP contribution in [0.4, 0.5) is 0 Å². The van der Waals surface area contributed by atoms with Crippen molar-refractivity contribution < 1.29 is 9.53 Å². The third-order valence-electron chi connectivity index (χ3n) is 1.53. The molecule has 1 amide bonds. The van der Waals surface area contributed by atoms with Gasteiger partial charge >= 0.3 is 0 Å². The van der Waals surface area contributed by atoms with Crippen molar-refractivity contribution in [2.45, 2.75) is 13.0 Å². The minimum atomic E-state index is -0.596. The largest absolute Gasteiger partial charge is 0.481 e. The summed E-state index contributed by atoms with van der Waals surface area (Å²) < 4.78 is 6.20. The van der Waals surface area contributed by atoms with E-state index in [1.165, 1.54) is 0 Å². The molecule has 3 nitrogen and oxygen atoms in total. The summed E-state index contributed by atoms with van der Waals surface area (Å²) in [6.07, 6.45) is -0.596. The lowest BCUT2D eigenvalue weighted by atomic mass is 10.3. The van der Waals surface area contributed by atoms with Crippen LogP contribution >= 0.6 is 15.9 Å². The van der Waals surface area contributed by atoms with E-state index in [0.717, 1.165) is 4.47 Å². The van der Waals surface area contributed by atoms with Crippen LogP contribution in [0.5, 0.6) is 5.75 Å². The number of primary amides is 1. The van der Waals surface area contributed by atoms with E-state index in [9.17, 15) is 4.79 Å². The topological polar surface area (TPSA) is 52.3 Å². The summed E-state index contributed by atoms with van der Waals surface area (Å²) in [7, 11) is 0. The average molecular weight is 244 g/mol. The highest BCUT2D eigenvalue weighted by atomic mass is 79.9. The second-order valence-corrected chi connectivity index (χ2v) is 3.53. The molecule has 0 aliphatic carbocycles. The van der Waals surface area contributed by atoms with Crippen LogP contribution in [0.2, 0.25) is 0 Å². The van der Waals surface area contributed by atoms with Gasteiger partial charge in [0.15, 0.2) is 6.10 Å². The lowest BCUT2D eigenvalue weighted by Crippen LogP contribution is -2.30. The molecule has 0 radical (unpaired) electrons. The Morgan fingerprint density at radius 2 is 2.00 bits per heavy atom. The molecule has 0 aliphatic heterocycles. The third-order valence-corrected chi connectivity index (χ3v) is 2.06. The molecule has 0 aromatic heterocycles. The molecule has 0 aliphatic rings. The van der Waals surface area contributed by atoms with Crippen LogP contribution in [-0.2, 0) is 4.79 Å². The minimum absolute atomic E-state index is 0.470. The zero-order valence-electron chi connectivity index (χ0n) is 7.16. The summed E-state index contributed by atoms with van der Waals surface area (Å²) in [5.74, 6) is 0.164. The molecule has 1 aromatic rings. The summed E-state index contributed by atoms with van der Waals surface area (Å²) >= 11 is 3.29. The zero-order valence-corrected chi connectivity index (χ0v) is 8.74. The Morgan fingerprint density at radius 1 is 1.46 bits per heavy atom. The summed E-state index contributed by atoms with van der Waals surface area (Å²) in [6, 6.07) is 7.21. The number of halogens is 1. The van der Waals surface area contributed by atoms with Crippen molar-refractivity contribution in [3.63, 3.8) is 0 Å². The Kier molecular flexibility index (Phi) is 3.31. The number of hydrogen-bond acceptors (Lipinski definition) is 2. The molecular formula is C9H10BrNO2. The Bertz CT molecular complexity index is 297. The van der Waals surface area contributed by atoms with Gasteiger partial charge in [-0.05, 0) is 31.2 Å². The third kappa shape index (κ3) is 3.06. The second-order valence-electron chi connectivity index (χ2n) is 2.62. The molecule has 0 unspecified atom stereocenters. The van der Waals surface area contributed by atoms with Crippen LogP contribution in [0.15, 0.2) is 28.7 Å². The molecule has 0 spiro atoms. The molecule has 0 bridgehead atoms. The monoisotopic (exact) mass is 243 g/mol. The Balaban J connectivity index is 2.64. The molecule has 0 saturated heterocycles. The quantitative estimate of drug-likeness (QED) is 0.879. The van der Waals surface area contributed by atoms with Crippen molar-refractivity contribution in [1.29, 1.82) is 0 Å². The van der Waals surface area contributed by atoms with E-state index in [-0.39, 0.29) is 0 Å². The van der Waals surface area contributed by atoms with Gasteiger partial charge in [-0.15, -0.1) is 0 Å². The molecular weight excluding hydrogens is 234 g/mol. The summed E-state index contributed by atoms with van der Waals surface area (Å²) in [5.41, 5.74) is 5.04. The van der Waals surface area contributed by atoms with E-state index in [0.29, 0.717) is 5.75 Å². The lowest BCUT2D eigenvalue weighted by Gasteiger charge is -2.10. The normalized spacial score (nSPS) is 12.2. The highest BCUT2D eigenvalue weighted by molar-refractivity contribution is 9.10. The van der Waals surface area contributed by atoms with Crippen molar-refractivity contribution in [3.05, 3.63) is 28.7 Å². The Morgan fingerprint density at radius 3 is 2.46 bits per heavy atom. The number of amides is 1. The van der Waals surface area contributed by atoms with Crippen LogP contribution < -0.4 is 10.5 Å². The van der Waals surface area contributed by atoms with Crippen LogP contribution in [0.1, 0.15) is 6.92 Å². The van der Waals surface area contributed by atoms with Crippen molar-refractivity contribution in [3.8, 4) is 5.75 Å². The molecule has 0 fully saturated rings. The standard InChI is InChI=1S/C9H10BrNO2/c1-6(9(11)12)13-8-4-2-7(10)3-5-8/h2-6H,1H3,(H2,11,12)/t6-/m1/s1. The lowest BCUT2D eigenvalue weighted by molar-refractivity contribution is -0.123. The fraction of sp³-hybridized carbons (Fsp3) is 0.222. The van der Waals surface area contributed by atoms with Gasteiger partial charge in [0.05, 0.1) is 0 Å². The number of benzene rings is 1. The number of carbonyl (C=O) groups excluding carboxylic acids is 1. The number of hydrogen-bond donors (Lipinski definition) is 1. The van der Waals surface area contributed by atoms with Crippen LogP contribution in [0.25, 0.3) is 0 Å². The van der Waals surface area contributed by atoms with Crippen molar-refractivity contribution in [2.24, 2.45) is 5.73 Å². The summed E-state index contributed by atoms with van der Waals surface area (Å²) in [6.45, 7) is 1.62. The van der Waals surface area contributed by atoms with Crippen molar-refractivity contribution in [1.82, 2.24) is 0 Å². The van der Waals surface area contributed by atoms with Gasteiger partial charge in [0.2, 0.25) is 0 Å². The zero-order chi connectivity index (χ0) is 9.84. The molecule has 2 N–H and O–H groups in total. The smallest absolute Gasteiger partial charge is 0.258 e. The van der Waals surface area contributed by atoms with E-state index in [1.807, 2.05) is 12.1 Å². The first kappa shape index (κ1) is 10.1. The highest BCUT2D eigenvalue weighted by Crippen LogP contribution is 2.16. The first-order chi connectivity index (χ1) is 6.09. The van der Waals surface area contributed by atoms with E-state index in [2.05, 4.69) is 15.9 Å². The van der Waals surface area contributed by atoms with Gasteiger partial charge in [-0.25, -0.2) is 0 Å². The molecule has 0 saturated carbocycles. The predicted octanol–water partition coefficient (Wildman–Crippen LogP) is 1.70. The van der Waals surface area contributed by atoms with Gasteiger partial charge in [0.25, 0.3) is 5.91 Å². The Hall–Kier alpha value is -1.03. The van der Waals surface area contributed by atoms with Gasteiger partial charge in [-0.1, -0.05) is 15.9 Å². The van der Waals surface area contributed by atoms with E-state index in [4.69, 9.17) is 10.5 Å².